The first-order chi connectivity index (χ1) is 15.0. The summed E-state index contributed by atoms with van der Waals surface area (Å²) in [6, 6.07) is 9.83. The number of likely N-dealkylation sites (N-methyl/N-ethyl adjacent to an activating group) is 1. The molecule has 2 aliphatic rings. The second-order valence-corrected chi connectivity index (χ2v) is 8.43. The number of aliphatic imine (C=N–C) groups is 1. The fourth-order valence-corrected chi connectivity index (χ4v) is 4.31. The molecule has 2 N–H and O–H groups in total. The van der Waals surface area contributed by atoms with Crippen LogP contribution in [0.4, 0.5) is 5.69 Å². The first-order valence-electron chi connectivity index (χ1n) is 11.3. The average Bonchev–Trinajstić information content (AvgIpc) is 3.37. The number of likely N-dealkylation sites (tertiary alicyclic amines) is 1. The Labute approximate surface area is 208 Å². The molecule has 2 aliphatic heterocycles. The maximum absolute atomic E-state index is 12.5. The van der Waals surface area contributed by atoms with Crippen LogP contribution in [-0.2, 0) is 9.59 Å². The topological polar surface area (TPSA) is 80.3 Å². The van der Waals surface area contributed by atoms with Crippen LogP contribution in [0.3, 0.4) is 0 Å². The molecular weight excluding hydrogens is 519 g/mol. The lowest BCUT2D eigenvalue weighted by molar-refractivity contribution is -0.133. The van der Waals surface area contributed by atoms with Crippen LogP contribution in [0, 0.1) is 0 Å². The number of halogens is 1. The average molecular weight is 556 g/mol. The number of carbonyl (C=O) groups is 2. The molecule has 0 saturated carbocycles. The first-order valence-corrected chi connectivity index (χ1v) is 11.3. The van der Waals surface area contributed by atoms with Crippen molar-refractivity contribution in [1.82, 2.24) is 20.4 Å². The van der Waals surface area contributed by atoms with Crippen molar-refractivity contribution < 1.29 is 9.59 Å². The summed E-state index contributed by atoms with van der Waals surface area (Å²) >= 11 is 0. The van der Waals surface area contributed by atoms with E-state index in [9.17, 15) is 9.59 Å². The van der Waals surface area contributed by atoms with Crippen LogP contribution in [0.1, 0.15) is 32.6 Å². The molecule has 0 bridgehead atoms. The number of benzene rings is 1. The molecule has 2 unspecified atom stereocenters. The van der Waals surface area contributed by atoms with Gasteiger partial charge in [0.2, 0.25) is 11.8 Å². The number of hydrogen-bond acceptors (Lipinski definition) is 4. The molecular formula is C23H37IN6O2. The highest BCUT2D eigenvalue weighted by atomic mass is 127. The van der Waals surface area contributed by atoms with Gasteiger partial charge in [-0.2, -0.15) is 0 Å². The van der Waals surface area contributed by atoms with Crippen molar-refractivity contribution in [1.29, 1.82) is 0 Å². The molecule has 2 amide bonds. The Kier molecular flexibility index (Phi) is 10.7. The van der Waals surface area contributed by atoms with Crippen LogP contribution >= 0.6 is 24.0 Å². The SMILES string of the molecule is CCNC(=NCCCN1CCCC1C(=O)N(C)C)NC1CC(=O)N(c2ccccc2)C1.I. The zero-order valence-electron chi connectivity index (χ0n) is 19.4. The number of anilines is 1. The molecule has 1 aromatic rings. The van der Waals surface area contributed by atoms with Gasteiger partial charge >= 0.3 is 0 Å². The molecule has 1 aromatic carbocycles. The van der Waals surface area contributed by atoms with Crippen molar-refractivity contribution >= 4 is 47.4 Å². The third-order valence-corrected chi connectivity index (χ3v) is 5.84. The second-order valence-electron chi connectivity index (χ2n) is 8.43. The van der Waals surface area contributed by atoms with Crippen molar-refractivity contribution in [2.45, 2.75) is 44.7 Å². The monoisotopic (exact) mass is 556 g/mol. The second kappa shape index (κ2) is 13.0. The fourth-order valence-electron chi connectivity index (χ4n) is 4.31. The van der Waals surface area contributed by atoms with E-state index in [0.717, 1.165) is 50.5 Å². The van der Waals surface area contributed by atoms with Crippen LogP contribution in [-0.4, -0.2) is 86.5 Å². The largest absolute Gasteiger partial charge is 0.357 e. The van der Waals surface area contributed by atoms with Crippen molar-refractivity contribution in [3.8, 4) is 0 Å². The summed E-state index contributed by atoms with van der Waals surface area (Å²) in [6.45, 7) is 5.96. The Balaban J connectivity index is 0.00000363. The summed E-state index contributed by atoms with van der Waals surface area (Å²) in [7, 11) is 3.65. The molecule has 0 aromatic heterocycles. The summed E-state index contributed by atoms with van der Waals surface area (Å²) in [6.07, 6.45) is 3.37. The maximum Gasteiger partial charge on any atom is 0.239 e. The zero-order chi connectivity index (χ0) is 22.2. The van der Waals surface area contributed by atoms with E-state index in [0.29, 0.717) is 19.5 Å². The first kappa shape index (κ1) is 26.4. The highest BCUT2D eigenvalue weighted by molar-refractivity contribution is 14.0. The smallest absolute Gasteiger partial charge is 0.239 e. The third-order valence-electron chi connectivity index (χ3n) is 5.84. The molecule has 0 spiro atoms. The van der Waals surface area contributed by atoms with E-state index >= 15 is 0 Å². The number of nitrogens with one attached hydrogen (secondary N) is 2. The van der Waals surface area contributed by atoms with E-state index in [-0.39, 0.29) is 47.9 Å². The van der Waals surface area contributed by atoms with E-state index in [2.05, 4.69) is 15.5 Å². The number of hydrogen-bond donors (Lipinski definition) is 2. The molecule has 2 heterocycles. The highest BCUT2D eigenvalue weighted by Gasteiger charge is 2.32. The molecule has 8 nitrogen and oxygen atoms in total. The lowest BCUT2D eigenvalue weighted by Gasteiger charge is -2.25. The van der Waals surface area contributed by atoms with Crippen molar-refractivity contribution in [2.24, 2.45) is 4.99 Å². The van der Waals surface area contributed by atoms with E-state index in [1.165, 1.54) is 0 Å². The summed E-state index contributed by atoms with van der Waals surface area (Å²) in [4.78, 5) is 35.3. The minimum atomic E-state index is 0. The van der Waals surface area contributed by atoms with Crippen molar-refractivity contribution in [3.05, 3.63) is 30.3 Å². The van der Waals surface area contributed by atoms with Gasteiger partial charge in [-0.3, -0.25) is 19.5 Å². The van der Waals surface area contributed by atoms with E-state index in [1.807, 2.05) is 56.3 Å². The normalized spacial score (nSPS) is 21.4. The molecule has 9 heteroatoms. The van der Waals surface area contributed by atoms with Gasteiger partial charge in [0.25, 0.3) is 0 Å². The number of amides is 2. The van der Waals surface area contributed by atoms with Crippen LogP contribution in [0.25, 0.3) is 0 Å². The molecule has 2 atom stereocenters. The van der Waals surface area contributed by atoms with Gasteiger partial charge in [0.05, 0.1) is 12.1 Å². The predicted octanol–water partition coefficient (Wildman–Crippen LogP) is 1.91. The number of carbonyl (C=O) groups excluding carboxylic acids is 2. The zero-order valence-corrected chi connectivity index (χ0v) is 21.7. The van der Waals surface area contributed by atoms with Gasteiger partial charge in [-0.15, -0.1) is 24.0 Å². The van der Waals surface area contributed by atoms with Gasteiger partial charge < -0.3 is 20.4 Å². The maximum atomic E-state index is 12.5. The fraction of sp³-hybridized carbons (Fsp3) is 0.609. The molecule has 2 fully saturated rings. The van der Waals surface area contributed by atoms with Crippen molar-refractivity contribution in [2.75, 3.05) is 51.7 Å². The number of guanidine groups is 1. The van der Waals surface area contributed by atoms with Gasteiger partial charge in [0, 0.05) is 52.4 Å². The quantitative estimate of drug-likeness (QED) is 0.222. The molecule has 2 saturated heterocycles. The molecule has 0 aliphatic carbocycles. The summed E-state index contributed by atoms with van der Waals surface area (Å²) in [5.74, 6) is 1.08. The Morgan fingerprint density at radius 3 is 2.69 bits per heavy atom. The third kappa shape index (κ3) is 7.06. The van der Waals surface area contributed by atoms with Gasteiger partial charge in [0.1, 0.15) is 0 Å². The number of rotatable bonds is 8. The van der Waals surface area contributed by atoms with Crippen molar-refractivity contribution in [3.63, 3.8) is 0 Å². The van der Waals surface area contributed by atoms with E-state index in [1.54, 1.807) is 4.90 Å². The Morgan fingerprint density at radius 2 is 2.00 bits per heavy atom. The molecule has 32 heavy (non-hydrogen) atoms. The van der Waals surface area contributed by atoms with Crippen LogP contribution in [0.2, 0.25) is 0 Å². The van der Waals surface area contributed by atoms with Gasteiger partial charge in [0.15, 0.2) is 5.96 Å². The highest BCUT2D eigenvalue weighted by Crippen LogP contribution is 2.21. The molecule has 3 rings (SSSR count). The Morgan fingerprint density at radius 1 is 1.25 bits per heavy atom. The minimum Gasteiger partial charge on any atom is -0.357 e. The summed E-state index contributed by atoms with van der Waals surface area (Å²) in [5.41, 5.74) is 0.936. The number of para-hydroxylation sites is 1. The van der Waals surface area contributed by atoms with Gasteiger partial charge in [-0.05, 0) is 44.9 Å². The lowest BCUT2D eigenvalue weighted by atomic mass is 10.2. The Bertz CT molecular complexity index is 773. The van der Waals surface area contributed by atoms with Gasteiger partial charge in [-0.25, -0.2) is 0 Å². The van der Waals surface area contributed by atoms with Crippen LogP contribution in [0.15, 0.2) is 35.3 Å². The van der Waals surface area contributed by atoms with Crippen LogP contribution in [0.5, 0.6) is 0 Å². The predicted molar refractivity (Wildman–Crippen MR) is 140 cm³/mol. The lowest BCUT2D eigenvalue weighted by Crippen LogP contribution is -2.45. The number of nitrogens with zero attached hydrogens (tertiary/aromatic N) is 4. The van der Waals surface area contributed by atoms with Gasteiger partial charge in [-0.1, -0.05) is 18.2 Å². The molecule has 0 radical (unpaired) electrons. The molecule has 178 valence electrons. The van der Waals surface area contributed by atoms with E-state index < -0.39 is 0 Å². The summed E-state index contributed by atoms with van der Waals surface area (Å²) in [5, 5.41) is 6.70. The van der Waals surface area contributed by atoms with Crippen LogP contribution < -0.4 is 15.5 Å². The standard InChI is InChI=1S/C23H36N6O2.HI/c1-4-24-23(25-13-9-15-28-14-8-12-20(28)22(31)27(2)3)26-18-16-21(30)29(17-18)19-10-6-5-7-11-19;/h5-7,10-11,18,20H,4,8-9,12-17H2,1-3H3,(H2,24,25,26);1H. The summed E-state index contributed by atoms with van der Waals surface area (Å²) < 4.78 is 0. The Hall–Kier alpha value is -1.88. The minimum absolute atomic E-state index is 0. The van der Waals surface area contributed by atoms with E-state index in [4.69, 9.17) is 4.99 Å².